The monoisotopic (exact) mass is 429 g/mol. The highest BCUT2D eigenvalue weighted by molar-refractivity contribution is 9.10. The number of carbonyl (C=O) groups excluding carboxylic acids is 1. The van der Waals surface area contributed by atoms with Gasteiger partial charge in [-0.1, -0.05) is 34.1 Å². The summed E-state index contributed by atoms with van der Waals surface area (Å²) in [6.07, 6.45) is 2.86. The van der Waals surface area contributed by atoms with Crippen LogP contribution in [0.5, 0.6) is 5.75 Å². The average molecular weight is 430 g/mol. The largest absolute Gasteiger partial charge is 0.493 e. The van der Waals surface area contributed by atoms with Gasteiger partial charge in [0.25, 0.3) is 5.91 Å². The SMILES string of the molecule is O=C(O)CCOc1ccc(C2=CCN(C(=O)c3ccc(Br)cc3)CC2)cc1. The first-order chi connectivity index (χ1) is 13.0. The number of nitrogens with zero attached hydrogens (tertiary/aromatic N) is 1. The Morgan fingerprint density at radius 1 is 1.07 bits per heavy atom. The van der Waals surface area contributed by atoms with Gasteiger partial charge in [-0.3, -0.25) is 9.59 Å². The van der Waals surface area contributed by atoms with Crippen LogP contribution in [-0.4, -0.2) is 41.6 Å². The molecule has 0 spiro atoms. The first-order valence-corrected chi connectivity index (χ1v) is 9.51. The summed E-state index contributed by atoms with van der Waals surface area (Å²) in [5.41, 5.74) is 2.99. The second kappa shape index (κ2) is 8.86. The molecule has 5 nitrogen and oxygen atoms in total. The highest BCUT2D eigenvalue weighted by Crippen LogP contribution is 2.25. The lowest BCUT2D eigenvalue weighted by molar-refractivity contribution is -0.137. The molecule has 2 aromatic rings. The minimum Gasteiger partial charge on any atom is -0.493 e. The zero-order chi connectivity index (χ0) is 19.2. The number of halogens is 1. The maximum absolute atomic E-state index is 12.6. The average Bonchev–Trinajstić information content (AvgIpc) is 2.68. The minimum absolute atomic E-state index is 0.0187. The Hall–Kier alpha value is -2.60. The zero-order valence-corrected chi connectivity index (χ0v) is 16.3. The predicted molar refractivity (Wildman–Crippen MR) is 107 cm³/mol. The van der Waals surface area contributed by atoms with Gasteiger partial charge in [-0.25, -0.2) is 0 Å². The summed E-state index contributed by atoms with van der Waals surface area (Å²) < 4.78 is 6.36. The number of carboxylic acids is 1. The molecular weight excluding hydrogens is 410 g/mol. The van der Waals surface area contributed by atoms with Gasteiger partial charge in [0.1, 0.15) is 5.75 Å². The number of aliphatic carboxylic acids is 1. The normalized spacial score (nSPS) is 13.8. The van der Waals surface area contributed by atoms with E-state index in [2.05, 4.69) is 22.0 Å². The van der Waals surface area contributed by atoms with Gasteiger partial charge in [0.2, 0.25) is 0 Å². The van der Waals surface area contributed by atoms with Gasteiger partial charge in [0, 0.05) is 23.1 Å². The number of hydrogen-bond acceptors (Lipinski definition) is 3. The quantitative estimate of drug-likeness (QED) is 0.745. The summed E-state index contributed by atoms with van der Waals surface area (Å²) in [4.78, 5) is 24.9. The molecule has 0 aromatic heterocycles. The maximum atomic E-state index is 12.6. The molecule has 0 fully saturated rings. The molecule has 140 valence electrons. The summed E-state index contributed by atoms with van der Waals surface area (Å²) in [6, 6.07) is 15.0. The number of hydrogen-bond donors (Lipinski definition) is 1. The third-order valence-corrected chi connectivity index (χ3v) is 4.93. The number of carbonyl (C=O) groups is 2. The highest BCUT2D eigenvalue weighted by atomic mass is 79.9. The van der Waals surface area contributed by atoms with Crippen LogP contribution in [0.3, 0.4) is 0 Å². The molecule has 0 saturated heterocycles. The highest BCUT2D eigenvalue weighted by Gasteiger charge is 2.19. The van der Waals surface area contributed by atoms with E-state index in [9.17, 15) is 9.59 Å². The fourth-order valence-electron chi connectivity index (χ4n) is 2.91. The number of ether oxygens (including phenoxy) is 1. The van der Waals surface area contributed by atoms with Gasteiger partial charge in [0.15, 0.2) is 0 Å². The number of rotatable bonds is 6. The van der Waals surface area contributed by atoms with Gasteiger partial charge in [0.05, 0.1) is 13.0 Å². The van der Waals surface area contributed by atoms with Crippen molar-refractivity contribution >= 4 is 33.4 Å². The first kappa shape index (κ1) is 19.2. The molecule has 0 bridgehead atoms. The van der Waals surface area contributed by atoms with E-state index in [1.54, 1.807) is 0 Å². The minimum atomic E-state index is -0.874. The molecule has 1 amide bonds. The van der Waals surface area contributed by atoms with Crippen molar-refractivity contribution in [2.45, 2.75) is 12.8 Å². The molecule has 0 saturated carbocycles. The molecule has 0 unspecified atom stereocenters. The molecule has 27 heavy (non-hydrogen) atoms. The number of carboxylic acid groups (broad SMARTS) is 1. The van der Waals surface area contributed by atoms with Crippen LogP contribution < -0.4 is 4.74 Å². The Kier molecular flexibility index (Phi) is 6.29. The summed E-state index contributed by atoms with van der Waals surface area (Å²) in [5.74, 6) is -0.176. The molecule has 0 aliphatic carbocycles. The van der Waals surface area contributed by atoms with Crippen molar-refractivity contribution in [2.75, 3.05) is 19.7 Å². The summed E-state index contributed by atoms with van der Waals surface area (Å²) in [7, 11) is 0. The van der Waals surface area contributed by atoms with Crippen molar-refractivity contribution < 1.29 is 19.4 Å². The Bertz CT molecular complexity index is 843. The molecular formula is C21H20BrNO4. The van der Waals surface area contributed by atoms with Crippen molar-refractivity contribution in [2.24, 2.45) is 0 Å². The Morgan fingerprint density at radius 2 is 1.78 bits per heavy atom. The zero-order valence-electron chi connectivity index (χ0n) is 14.7. The lowest BCUT2D eigenvalue weighted by atomic mass is 9.99. The van der Waals surface area contributed by atoms with E-state index in [0.717, 1.165) is 16.5 Å². The lowest BCUT2D eigenvalue weighted by Crippen LogP contribution is -2.34. The summed E-state index contributed by atoms with van der Waals surface area (Å²) in [6.45, 7) is 1.42. The van der Waals surface area contributed by atoms with Crippen LogP contribution in [0.15, 0.2) is 59.1 Å². The third kappa shape index (κ3) is 5.20. The van der Waals surface area contributed by atoms with Crippen LogP contribution in [0.2, 0.25) is 0 Å². The van der Waals surface area contributed by atoms with E-state index in [-0.39, 0.29) is 18.9 Å². The second-order valence-corrected chi connectivity index (χ2v) is 7.17. The standard InChI is InChI=1S/C21H20BrNO4/c22-18-5-1-17(2-6-18)21(26)23-12-9-16(10-13-23)15-3-7-19(8-4-15)27-14-11-20(24)25/h1-9H,10-14H2,(H,24,25). The van der Waals surface area contributed by atoms with E-state index in [0.29, 0.717) is 24.4 Å². The third-order valence-electron chi connectivity index (χ3n) is 4.40. The Balaban J connectivity index is 1.59. The summed E-state index contributed by atoms with van der Waals surface area (Å²) >= 11 is 3.38. The van der Waals surface area contributed by atoms with Crippen LogP contribution in [-0.2, 0) is 4.79 Å². The van der Waals surface area contributed by atoms with Crippen LogP contribution in [0, 0.1) is 0 Å². The van der Waals surface area contributed by atoms with E-state index in [1.807, 2.05) is 53.4 Å². The molecule has 1 N–H and O–H groups in total. The lowest BCUT2D eigenvalue weighted by Gasteiger charge is -2.27. The Morgan fingerprint density at radius 3 is 2.37 bits per heavy atom. The van der Waals surface area contributed by atoms with Gasteiger partial charge in [-0.15, -0.1) is 0 Å². The van der Waals surface area contributed by atoms with E-state index >= 15 is 0 Å². The summed E-state index contributed by atoms with van der Waals surface area (Å²) in [5, 5.41) is 8.63. The second-order valence-electron chi connectivity index (χ2n) is 6.25. The Labute approximate surface area is 166 Å². The topological polar surface area (TPSA) is 66.8 Å². The molecule has 3 rings (SSSR count). The van der Waals surface area contributed by atoms with Crippen molar-refractivity contribution in [3.63, 3.8) is 0 Å². The van der Waals surface area contributed by atoms with Crippen molar-refractivity contribution in [3.05, 3.63) is 70.2 Å². The van der Waals surface area contributed by atoms with Crippen LogP contribution in [0.1, 0.15) is 28.8 Å². The van der Waals surface area contributed by atoms with Crippen LogP contribution in [0.4, 0.5) is 0 Å². The van der Waals surface area contributed by atoms with Crippen molar-refractivity contribution in [1.29, 1.82) is 0 Å². The molecule has 0 atom stereocenters. The van der Waals surface area contributed by atoms with Gasteiger partial charge in [-0.05, 0) is 54.0 Å². The van der Waals surface area contributed by atoms with Crippen LogP contribution in [0.25, 0.3) is 5.57 Å². The smallest absolute Gasteiger partial charge is 0.306 e. The molecule has 6 heteroatoms. The van der Waals surface area contributed by atoms with Crippen LogP contribution >= 0.6 is 15.9 Å². The van der Waals surface area contributed by atoms with E-state index in [1.165, 1.54) is 5.57 Å². The molecule has 2 aromatic carbocycles. The number of benzene rings is 2. The van der Waals surface area contributed by atoms with Gasteiger partial charge < -0.3 is 14.7 Å². The fraction of sp³-hybridized carbons (Fsp3) is 0.238. The fourth-order valence-corrected chi connectivity index (χ4v) is 3.18. The molecule has 1 aliphatic rings. The maximum Gasteiger partial charge on any atom is 0.306 e. The number of amides is 1. The molecule has 1 heterocycles. The van der Waals surface area contributed by atoms with Gasteiger partial charge in [-0.2, -0.15) is 0 Å². The van der Waals surface area contributed by atoms with Crippen molar-refractivity contribution in [3.8, 4) is 5.75 Å². The van der Waals surface area contributed by atoms with E-state index in [4.69, 9.17) is 9.84 Å². The van der Waals surface area contributed by atoms with Crippen molar-refractivity contribution in [1.82, 2.24) is 4.90 Å². The molecule has 0 radical (unpaired) electrons. The first-order valence-electron chi connectivity index (χ1n) is 8.72. The predicted octanol–water partition coefficient (Wildman–Crippen LogP) is 4.23. The van der Waals surface area contributed by atoms with E-state index < -0.39 is 5.97 Å². The molecule has 1 aliphatic heterocycles. The van der Waals surface area contributed by atoms with Gasteiger partial charge >= 0.3 is 5.97 Å².